The van der Waals surface area contributed by atoms with Gasteiger partial charge in [-0.15, -0.1) is 11.3 Å². The van der Waals surface area contributed by atoms with E-state index in [1.54, 1.807) is 0 Å². The normalized spacial score (nSPS) is 16.8. The van der Waals surface area contributed by atoms with Gasteiger partial charge in [0.2, 0.25) is 5.91 Å². The standard InChI is InChI=1S/C24H25ClF4N4O4S/c25-19-6-5-18(38-19)24(36)30-10-17(33(11-20(26)27)14-2-3-14)23(35)31-13-1-4-16(15(9-13)22(28)29)32-7-8-37-12-21(32)34/h1,4-6,9,14,17,20,22H,2-3,7-8,10-12H2,(H,30,36)(H,31,35)/t17-/m1/s1. The minimum atomic E-state index is -2.95. The molecule has 0 spiro atoms. The van der Waals surface area contributed by atoms with E-state index in [0.717, 1.165) is 17.4 Å². The molecule has 8 nitrogen and oxygen atoms in total. The number of alkyl halides is 4. The first-order valence-corrected chi connectivity index (χ1v) is 13.0. The van der Waals surface area contributed by atoms with E-state index in [0.29, 0.717) is 17.2 Å². The second-order valence-electron chi connectivity index (χ2n) is 8.81. The molecule has 4 rings (SSSR count). The zero-order chi connectivity index (χ0) is 27.4. The average molecular weight is 577 g/mol. The van der Waals surface area contributed by atoms with Gasteiger partial charge in [-0.25, -0.2) is 17.6 Å². The summed E-state index contributed by atoms with van der Waals surface area (Å²) in [6.45, 7) is -0.909. The lowest BCUT2D eigenvalue weighted by atomic mass is 10.1. The summed E-state index contributed by atoms with van der Waals surface area (Å²) in [6, 6.07) is 5.30. The number of carbonyl (C=O) groups excluding carboxylic acids is 3. The van der Waals surface area contributed by atoms with Crippen LogP contribution in [0.2, 0.25) is 4.34 Å². The van der Waals surface area contributed by atoms with Gasteiger partial charge in [-0.05, 0) is 43.2 Å². The van der Waals surface area contributed by atoms with Gasteiger partial charge in [0.25, 0.3) is 24.7 Å². The van der Waals surface area contributed by atoms with Crippen LogP contribution in [0.3, 0.4) is 0 Å². The van der Waals surface area contributed by atoms with E-state index in [1.165, 1.54) is 34.1 Å². The van der Waals surface area contributed by atoms with Gasteiger partial charge < -0.3 is 20.3 Å². The van der Waals surface area contributed by atoms with Crippen LogP contribution < -0.4 is 15.5 Å². The molecule has 1 atom stereocenters. The monoisotopic (exact) mass is 576 g/mol. The third-order valence-corrected chi connectivity index (χ3v) is 7.36. The van der Waals surface area contributed by atoms with Gasteiger partial charge in [-0.2, -0.15) is 0 Å². The molecule has 1 aliphatic heterocycles. The maximum atomic E-state index is 13.9. The molecule has 3 amide bonds. The number of thiophene rings is 1. The Balaban J connectivity index is 1.54. The van der Waals surface area contributed by atoms with Gasteiger partial charge in [0.15, 0.2) is 0 Å². The summed E-state index contributed by atoms with van der Waals surface area (Å²) in [6.07, 6.45) is -4.45. The fourth-order valence-electron chi connectivity index (χ4n) is 4.22. The van der Waals surface area contributed by atoms with Crippen molar-refractivity contribution >= 4 is 52.0 Å². The van der Waals surface area contributed by atoms with Crippen molar-refractivity contribution in [3.05, 3.63) is 45.1 Å². The molecule has 14 heteroatoms. The van der Waals surface area contributed by atoms with Crippen LogP contribution in [0.1, 0.15) is 34.5 Å². The zero-order valence-electron chi connectivity index (χ0n) is 20.0. The fraction of sp³-hybridized carbons (Fsp3) is 0.458. The minimum Gasteiger partial charge on any atom is -0.370 e. The first-order valence-electron chi connectivity index (χ1n) is 11.8. The van der Waals surface area contributed by atoms with E-state index in [9.17, 15) is 31.9 Å². The maximum Gasteiger partial charge on any atom is 0.265 e. The van der Waals surface area contributed by atoms with E-state index in [-0.39, 0.29) is 48.6 Å². The van der Waals surface area contributed by atoms with Crippen LogP contribution in [-0.4, -0.2) is 74.0 Å². The molecular weight excluding hydrogens is 552 g/mol. The van der Waals surface area contributed by atoms with Crippen LogP contribution in [-0.2, 0) is 14.3 Å². The molecule has 2 aliphatic rings. The summed E-state index contributed by atoms with van der Waals surface area (Å²) in [5, 5.41) is 5.12. The Bertz CT molecular complexity index is 1180. The molecule has 2 N–H and O–H groups in total. The van der Waals surface area contributed by atoms with Crippen LogP contribution in [0.15, 0.2) is 30.3 Å². The average Bonchev–Trinajstić information content (AvgIpc) is 3.63. The summed E-state index contributed by atoms with van der Waals surface area (Å²) in [5.41, 5.74) is -0.463. The van der Waals surface area contributed by atoms with E-state index < -0.39 is 48.7 Å². The second-order valence-corrected chi connectivity index (χ2v) is 10.5. The molecule has 1 aromatic heterocycles. The molecule has 1 saturated carbocycles. The summed E-state index contributed by atoms with van der Waals surface area (Å²) < 4.78 is 60.0. The van der Waals surface area contributed by atoms with E-state index in [4.69, 9.17) is 16.3 Å². The largest absolute Gasteiger partial charge is 0.370 e. The Kier molecular flexibility index (Phi) is 9.23. The quantitative estimate of drug-likeness (QED) is 0.392. The van der Waals surface area contributed by atoms with Crippen LogP contribution in [0.25, 0.3) is 0 Å². The minimum absolute atomic E-state index is 0.00188. The van der Waals surface area contributed by atoms with Crippen molar-refractivity contribution in [1.82, 2.24) is 10.2 Å². The molecule has 1 saturated heterocycles. The van der Waals surface area contributed by atoms with Crippen LogP contribution >= 0.6 is 22.9 Å². The Labute approximate surface area is 224 Å². The lowest BCUT2D eigenvalue weighted by Crippen LogP contribution is -2.53. The van der Waals surface area contributed by atoms with Crippen LogP contribution in [0.5, 0.6) is 0 Å². The third-order valence-electron chi connectivity index (χ3n) is 6.13. The van der Waals surface area contributed by atoms with E-state index in [2.05, 4.69) is 10.6 Å². The number of hydrogen-bond donors (Lipinski definition) is 2. The molecule has 38 heavy (non-hydrogen) atoms. The van der Waals surface area contributed by atoms with Crippen molar-refractivity contribution < 1.29 is 36.7 Å². The summed E-state index contributed by atoms with van der Waals surface area (Å²) in [7, 11) is 0. The SMILES string of the molecule is O=C(NC[C@H](C(=O)Nc1ccc(N2CCOCC2=O)c(C(F)F)c1)N(CC(F)F)C1CC1)c1ccc(Cl)s1. The molecule has 206 valence electrons. The lowest BCUT2D eigenvalue weighted by molar-refractivity contribution is -0.125. The number of halogens is 5. The predicted molar refractivity (Wildman–Crippen MR) is 134 cm³/mol. The number of morpholine rings is 1. The molecule has 0 bridgehead atoms. The van der Waals surface area contributed by atoms with Crippen molar-refractivity contribution in [2.45, 2.75) is 37.8 Å². The van der Waals surface area contributed by atoms with E-state index in [1.807, 2.05) is 0 Å². The number of ether oxygens (including phenoxy) is 1. The lowest BCUT2D eigenvalue weighted by Gasteiger charge is -2.31. The van der Waals surface area contributed by atoms with Crippen molar-refractivity contribution in [1.29, 1.82) is 0 Å². The molecule has 2 fully saturated rings. The molecule has 2 heterocycles. The highest BCUT2D eigenvalue weighted by Gasteiger charge is 2.39. The van der Waals surface area contributed by atoms with E-state index >= 15 is 0 Å². The van der Waals surface area contributed by atoms with Crippen LogP contribution in [0, 0.1) is 0 Å². The molecular formula is C24H25ClF4N4O4S. The number of nitrogens with one attached hydrogen (secondary N) is 2. The highest BCUT2D eigenvalue weighted by Crippen LogP contribution is 2.34. The molecule has 0 radical (unpaired) electrons. The number of carbonyl (C=O) groups is 3. The summed E-state index contributed by atoms with van der Waals surface area (Å²) in [5.74, 6) is -1.73. The van der Waals surface area contributed by atoms with Gasteiger partial charge in [-0.3, -0.25) is 19.3 Å². The topological polar surface area (TPSA) is 91.0 Å². The van der Waals surface area contributed by atoms with Gasteiger partial charge >= 0.3 is 0 Å². The Morgan fingerprint density at radius 2 is 1.95 bits per heavy atom. The first kappa shape index (κ1) is 28.3. The number of nitrogens with zero attached hydrogens (tertiary/aromatic N) is 2. The van der Waals surface area contributed by atoms with Gasteiger partial charge in [0.05, 0.1) is 28.1 Å². The Morgan fingerprint density at radius 1 is 1.18 bits per heavy atom. The maximum absolute atomic E-state index is 13.9. The number of benzene rings is 1. The highest BCUT2D eigenvalue weighted by molar-refractivity contribution is 7.18. The van der Waals surface area contributed by atoms with Crippen molar-refractivity contribution in [2.24, 2.45) is 0 Å². The number of rotatable bonds is 11. The fourth-order valence-corrected chi connectivity index (χ4v) is 5.18. The predicted octanol–water partition coefficient (Wildman–Crippen LogP) is 4.17. The number of anilines is 2. The van der Waals surface area contributed by atoms with Crippen molar-refractivity contribution in [3.8, 4) is 0 Å². The summed E-state index contributed by atoms with van der Waals surface area (Å²) >= 11 is 6.90. The molecule has 1 aromatic carbocycles. The first-order chi connectivity index (χ1) is 18.1. The Morgan fingerprint density at radius 3 is 2.55 bits per heavy atom. The number of hydrogen-bond acceptors (Lipinski definition) is 6. The van der Waals surface area contributed by atoms with Crippen molar-refractivity contribution in [3.63, 3.8) is 0 Å². The van der Waals surface area contributed by atoms with Crippen molar-refractivity contribution in [2.75, 3.05) is 43.1 Å². The summed E-state index contributed by atoms with van der Waals surface area (Å²) in [4.78, 5) is 40.8. The number of amides is 3. The third kappa shape index (κ3) is 7.01. The molecule has 0 unspecified atom stereocenters. The second kappa shape index (κ2) is 12.4. The molecule has 1 aliphatic carbocycles. The van der Waals surface area contributed by atoms with Gasteiger partial charge in [0, 0.05) is 30.4 Å². The Hall–Kier alpha value is -2.74. The zero-order valence-corrected chi connectivity index (χ0v) is 21.5. The highest BCUT2D eigenvalue weighted by atomic mass is 35.5. The smallest absolute Gasteiger partial charge is 0.265 e. The van der Waals surface area contributed by atoms with Gasteiger partial charge in [0.1, 0.15) is 12.6 Å². The van der Waals surface area contributed by atoms with Crippen LogP contribution in [0.4, 0.5) is 28.9 Å². The van der Waals surface area contributed by atoms with Gasteiger partial charge in [-0.1, -0.05) is 11.6 Å². The molecule has 2 aromatic rings.